The molecule has 178 valence electrons. The summed E-state index contributed by atoms with van der Waals surface area (Å²) in [6.45, 7) is 14.6. The average molecular weight is 439 g/mol. The van der Waals surface area contributed by atoms with Crippen LogP contribution in [0.3, 0.4) is 0 Å². The number of hydrogen-bond acceptors (Lipinski definition) is 2. The van der Waals surface area contributed by atoms with E-state index in [4.69, 9.17) is 4.74 Å². The molecule has 0 N–H and O–H groups in total. The summed E-state index contributed by atoms with van der Waals surface area (Å²) in [4.78, 5) is 14.1. The van der Waals surface area contributed by atoms with Gasteiger partial charge in [-0.1, -0.05) is 34.1 Å². The molecule has 11 atom stereocenters. The first kappa shape index (κ1) is 20.8. The molecule has 8 aliphatic carbocycles. The summed E-state index contributed by atoms with van der Waals surface area (Å²) in [5.74, 6) is 4.91. The molecule has 8 saturated carbocycles. The van der Waals surface area contributed by atoms with Gasteiger partial charge >= 0.3 is 5.97 Å². The Hall–Kier alpha value is -0.530. The smallest absolute Gasteiger partial charge is 0.312 e. The molecule has 8 fully saturated rings. The van der Waals surface area contributed by atoms with Crippen LogP contribution in [-0.4, -0.2) is 11.6 Å². The molecule has 0 aromatic heterocycles. The van der Waals surface area contributed by atoms with Crippen molar-refractivity contribution in [3.05, 3.63) is 0 Å². The third-order valence-electron chi connectivity index (χ3n) is 14.2. The Morgan fingerprint density at radius 3 is 2.25 bits per heavy atom. The van der Waals surface area contributed by atoms with Crippen LogP contribution in [-0.2, 0) is 9.53 Å². The largest absolute Gasteiger partial charge is 0.459 e. The monoisotopic (exact) mass is 438 g/mol. The minimum atomic E-state index is -0.275. The second-order valence-corrected chi connectivity index (χ2v) is 15.5. The van der Waals surface area contributed by atoms with E-state index in [1.54, 1.807) is 0 Å². The Labute approximate surface area is 196 Å². The van der Waals surface area contributed by atoms with Crippen molar-refractivity contribution < 1.29 is 9.53 Å². The molecule has 0 heterocycles. The first-order chi connectivity index (χ1) is 14.9. The molecule has 2 nitrogen and oxygen atoms in total. The zero-order valence-electron chi connectivity index (χ0n) is 21.6. The Bertz CT molecular complexity index is 893. The molecule has 8 rings (SSSR count). The third kappa shape index (κ3) is 2.15. The zero-order chi connectivity index (χ0) is 22.5. The fourth-order valence-electron chi connectivity index (χ4n) is 12.3. The van der Waals surface area contributed by atoms with E-state index in [2.05, 4.69) is 41.5 Å². The molecule has 0 aromatic carbocycles. The van der Waals surface area contributed by atoms with Crippen molar-refractivity contribution >= 4 is 5.97 Å². The van der Waals surface area contributed by atoms with Gasteiger partial charge in [0.1, 0.15) is 5.60 Å². The van der Waals surface area contributed by atoms with Crippen LogP contribution in [0.4, 0.5) is 0 Å². The predicted molar refractivity (Wildman–Crippen MR) is 127 cm³/mol. The average Bonchev–Trinajstić information content (AvgIpc) is 3.54. The number of ether oxygens (including phenoxy) is 1. The van der Waals surface area contributed by atoms with E-state index in [0.29, 0.717) is 39.4 Å². The van der Waals surface area contributed by atoms with Crippen molar-refractivity contribution in [3.63, 3.8) is 0 Å². The Kier molecular flexibility index (Phi) is 3.67. The molecular weight excluding hydrogens is 392 g/mol. The maximum absolute atomic E-state index is 14.1. The van der Waals surface area contributed by atoms with Crippen molar-refractivity contribution in [3.8, 4) is 0 Å². The van der Waals surface area contributed by atoms with E-state index >= 15 is 0 Å². The van der Waals surface area contributed by atoms with Crippen LogP contribution in [0.2, 0.25) is 0 Å². The van der Waals surface area contributed by atoms with Gasteiger partial charge in [0.25, 0.3) is 0 Å². The van der Waals surface area contributed by atoms with Gasteiger partial charge < -0.3 is 4.74 Å². The highest BCUT2D eigenvalue weighted by molar-refractivity contribution is 5.78. The SMILES string of the molecule is CC(C)C12CCC(C)(OC(=O)C3(C)CCCC4(C)C5CC6C7CC5(CCC34)CC67C)C1C2. The van der Waals surface area contributed by atoms with E-state index in [1.807, 2.05) is 0 Å². The maximum Gasteiger partial charge on any atom is 0.312 e. The molecule has 32 heavy (non-hydrogen) atoms. The lowest BCUT2D eigenvalue weighted by Gasteiger charge is -2.65. The number of carbonyl (C=O) groups excluding carboxylic acids is 1. The van der Waals surface area contributed by atoms with Crippen molar-refractivity contribution in [1.29, 1.82) is 0 Å². The van der Waals surface area contributed by atoms with E-state index in [1.165, 1.54) is 57.8 Å². The first-order valence-corrected chi connectivity index (χ1v) is 14.2. The normalized spacial score (nSPS) is 63.4. The van der Waals surface area contributed by atoms with Gasteiger partial charge in [-0.3, -0.25) is 4.79 Å². The second-order valence-electron chi connectivity index (χ2n) is 15.5. The van der Waals surface area contributed by atoms with Gasteiger partial charge in [0, 0.05) is 5.92 Å². The van der Waals surface area contributed by atoms with E-state index in [0.717, 1.165) is 30.6 Å². The minimum absolute atomic E-state index is 0.178. The lowest BCUT2D eigenvalue weighted by molar-refractivity contribution is -0.202. The molecule has 11 unspecified atom stereocenters. The molecule has 8 aliphatic rings. The van der Waals surface area contributed by atoms with Gasteiger partial charge in [-0.05, 0) is 129 Å². The van der Waals surface area contributed by atoms with Gasteiger partial charge in [0.2, 0.25) is 0 Å². The summed E-state index contributed by atoms with van der Waals surface area (Å²) in [5, 5.41) is 0. The van der Waals surface area contributed by atoms with Gasteiger partial charge in [0.05, 0.1) is 5.41 Å². The Morgan fingerprint density at radius 1 is 0.844 bits per heavy atom. The Morgan fingerprint density at radius 2 is 1.62 bits per heavy atom. The molecule has 0 amide bonds. The molecule has 0 aromatic rings. The topological polar surface area (TPSA) is 26.3 Å². The summed E-state index contributed by atoms with van der Waals surface area (Å²) in [6.07, 6.45) is 14.3. The summed E-state index contributed by atoms with van der Waals surface area (Å²) in [7, 11) is 0. The van der Waals surface area contributed by atoms with Crippen LogP contribution in [0.15, 0.2) is 0 Å². The van der Waals surface area contributed by atoms with E-state index < -0.39 is 0 Å². The van der Waals surface area contributed by atoms with Gasteiger partial charge in [-0.25, -0.2) is 0 Å². The summed E-state index contributed by atoms with van der Waals surface area (Å²) in [6, 6.07) is 0. The van der Waals surface area contributed by atoms with Gasteiger partial charge in [-0.15, -0.1) is 0 Å². The van der Waals surface area contributed by atoms with Crippen molar-refractivity contribution in [2.75, 3.05) is 0 Å². The molecule has 0 aliphatic heterocycles. The van der Waals surface area contributed by atoms with Crippen LogP contribution in [0.5, 0.6) is 0 Å². The third-order valence-corrected chi connectivity index (χ3v) is 14.2. The van der Waals surface area contributed by atoms with Crippen molar-refractivity contribution in [1.82, 2.24) is 0 Å². The number of esters is 1. The predicted octanol–water partition coefficient (Wildman–Crippen LogP) is 7.40. The summed E-state index contributed by atoms with van der Waals surface area (Å²) >= 11 is 0. The minimum Gasteiger partial charge on any atom is -0.459 e. The van der Waals surface area contributed by atoms with Gasteiger partial charge in [-0.2, -0.15) is 0 Å². The first-order valence-electron chi connectivity index (χ1n) is 14.2. The van der Waals surface area contributed by atoms with E-state index in [9.17, 15) is 4.79 Å². The fraction of sp³-hybridized carbons (Fsp3) is 0.967. The van der Waals surface area contributed by atoms with Crippen LogP contribution in [0.1, 0.15) is 112 Å². The molecule has 0 radical (unpaired) electrons. The van der Waals surface area contributed by atoms with Crippen LogP contribution in [0, 0.1) is 62.6 Å². The van der Waals surface area contributed by atoms with E-state index in [-0.39, 0.29) is 17.0 Å². The van der Waals surface area contributed by atoms with Crippen molar-refractivity contribution in [2.24, 2.45) is 62.6 Å². The quantitative estimate of drug-likeness (QED) is 0.429. The standard InChI is InChI=1S/C30H46O2/c1-18(2)30-13-12-28(6,23(30)16-30)32-24(31)26(4)10-7-9-25(3)21(26)8-11-29-15-20-19(14-22(25)29)27(20,5)17-29/h18-23H,7-17H2,1-6H3. The van der Waals surface area contributed by atoms with Crippen LogP contribution >= 0.6 is 0 Å². The molecule has 2 heteroatoms. The van der Waals surface area contributed by atoms with Crippen molar-refractivity contribution in [2.45, 2.75) is 118 Å². The highest BCUT2D eigenvalue weighted by atomic mass is 16.6. The number of carbonyl (C=O) groups is 1. The second kappa shape index (κ2) is 5.64. The number of fused-ring (bicyclic) bond motifs is 2. The van der Waals surface area contributed by atoms with Gasteiger partial charge in [0.15, 0.2) is 0 Å². The maximum atomic E-state index is 14.1. The summed E-state index contributed by atoms with van der Waals surface area (Å²) < 4.78 is 6.64. The molecule has 0 saturated heterocycles. The molecule has 1 spiro atoms. The Balaban J connectivity index is 1.16. The highest BCUT2D eigenvalue weighted by Gasteiger charge is 2.79. The number of hydrogen-bond donors (Lipinski definition) is 0. The zero-order valence-corrected chi connectivity index (χ0v) is 21.6. The fourth-order valence-corrected chi connectivity index (χ4v) is 12.3. The van der Waals surface area contributed by atoms with Crippen LogP contribution in [0.25, 0.3) is 0 Å². The summed E-state index contributed by atoms with van der Waals surface area (Å²) in [5.41, 5.74) is 1.63. The lowest BCUT2D eigenvalue weighted by Crippen LogP contribution is -2.60. The highest BCUT2D eigenvalue weighted by Crippen LogP contribution is 2.85. The molecule has 4 bridgehead atoms. The lowest BCUT2D eigenvalue weighted by atomic mass is 9.39. The number of rotatable bonds is 3. The molecular formula is C30H46O2. The van der Waals surface area contributed by atoms with Crippen LogP contribution < -0.4 is 0 Å².